The molecule has 0 spiro atoms. The highest BCUT2D eigenvalue weighted by molar-refractivity contribution is 7.09. The van der Waals surface area contributed by atoms with Gasteiger partial charge in [-0.3, -0.25) is 4.79 Å². The van der Waals surface area contributed by atoms with Crippen LogP contribution in [-0.2, 0) is 11.2 Å². The Morgan fingerprint density at radius 1 is 1.33 bits per heavy atom. The summed E-state index contributed by atoms with van der Waals surface area (Å²) in [5.74, 6) is 0.857. The van der Waals surface area contributed by atoms with Crippen LogP contribution in [0.2, 0.25) is 0 Å². The molecule has 5 nitrogen and oxygen atoms in total. The van der Waals surface area contributed by atoms with Gasteiger partial charge in [-0.1, -0.05) is 12.1 Å². The molecule has 2 aromatic heterocycles. The number of oxazole rings is 1. The number of halogens is 1. The molecule has 7 heteroatoms. The summed E-state index contributed by atoms with van der Waals surface area (Å²) in [6, 6.07) is 6.34. The topological polar surface area (TPSA) is 59.2 Å². The lowest BCUT2D eigenvalue weighted by atomic mass is 9.97. The third-order valence-electron chi connectivity index (χ3n) is 4.96. The summed E-state index contributed by atoms with van der Waals surface area (Å²) < 4.78 is 19.6. The van der Waals surface area contributed by atoms with Crippen molar-refractivity contribution in [2.75, 3.05) is 13.1 Å². The minimum atomic E-state index is -0.388. The number of rotatable bonds is 4. The van der Waals surface area contributed by atoms with Crippen molar-refractivity contribution in [3.8, 4) is 11.5 Å². The van der Waals surface area contributed by atoms with Gasteiger partial charge in [-0.15, -0.1) is 11.3 Å². The van der Waals surface area contributed by atoms with Crippen LogP contribution in [-0.4, -0.2) is 33.9 Å². The first-order valence-electron chi connectivity index (χ1n) is 9.00. The van der Waals surface area contributed by atoms with Crippen molar-refractivity contribution in [1.29, 1.82) is 0 Å². The molecule has 3 heterocycles. The van der Waals surface area contributed by atoms with Gasteiger partial charge in [-0.2, -0.15) is 0 Å². The molecule has 3 aromatic rings. The molecule has 0 aliphatic carbocycles. The minimum absolute atomic E-state index is 0.0315. The van der Waals surface area contributed by atoms with E-state index in [0.29, 0.717) is 22.9 Å². The van der Waals surface area contributed by atoms with Crippen LogP contribution in [0.4, 0.5) is 4.39 Å². The number of piperidine rings is 1. The number of carbonyl (C=O) groups excluding carboxylic acids is 1. The van der Waals surface area contributed by atoms with E-state index in [1.54, 1.807) is 36.5 Å². The Bertz CT molecular complexity index is 931. The first-order valence-corrected chi connectivity index (χ1v) is 9.88. The number of hydrogen-bond donors (Lipinski definition) is 0. The van der Waals surface area contributed by atoms with Crippen LogP contribution in [0.15, 0.2) is 40.3 Å². The second kappa shape index (κ2) is 7.60. The van der Waals surface area contributed by atoms with Crippen LogP contribution in [0, 0.1) is 12.7 Å². The standard InChI is InChI=1S/C20H20FN3O2S/c1-13-17(23-19(26-13)15-4-2-3-5-16(15)21)12-18(25)24-9-6-14(7-10-24)20-22-8-11-27-20/h2-5,8,11,14H,6-7,9-10,12H2,1H3. The Balaban J connectivity index is 1.41. The number of amides is 1. The largest absolute Gasteiger partial charge is 0.441 e. The Morgan fingerprint density at radius 2 is 2.11 bits per heavy atom. The van der Waals surface area contributed by atoms with Crippen LogP contribution in [0.5, 0.6) is 0 Å². The van der Waals surface area contributed by atoms with Crippen LogP contribution < -0.4 is 0 Å². The Hall–Kier alpha value is -2.54. The van der Waals surface area contributed by atoms with E-state index in [2.05, 4.69) is 9.97 Å². The van der Waals surface area contributed by atoms with Gasteiger partial charge in [0, 0.05) is 30.6 Å². The normalized spacial score (nSPS) is 15.3. The number of aryl methyl sites for hydroxylation is 1. The summed E-state index contributed by atoms with van der Waals surface area (Å²) in [6.07, 6.45) is 3.86. The van der Waals surface area contributed by atoms with E-state index in [1.165, 1.54) is 6.07 Å². The minimum Gasteiger partial charge on any atom is -0.441 e. The number of hydrogen-bond acceptors (Lipinski definition) is 5. The number of aromatic nitrogens is 2. The maximum atomic E-state index is 13.9. The van der Waals surface area contributed by atoms with E-state index in [0.717, 1.165) is 30.9 Å². The van der Waals surface area contributed by atoms with Crippen molar-refractivity contribution in [2.45, 2.75) is 32.1 Å². The molecule has 1 fully saturated rings. The third kappa shape index (κ3) is 3.78. The molecule has 0 radical (unpaired) electrons. The molecule has 0 N–H and O–H groups in total. The van der Waals surface area contributed by atoms with Gasteiger partial charge in [-0.25, -0.2) is 14.4 Å². The Labute approximate surface area is 160 Å². The lowest BCUT2D eigenvalue weighted by Gasteiger charge is -2.31. The molecule has 0 saturated carbocycles. The van der Waals surface area contributed by atoms with Crippen molar-refractivity contribution in [3.05, 3.63) is 58.1 Å². The van der Waals surface area contributed by atoms with E-state index < -0.39 is 0 Å². The van der Waals surface area contributed by atoms with Crippen LogP contribution in [0.1, 0.15) is 35.2 Å². The number of thiazole rings is 1. The summed E-state index contributed by atoms with van der Waals surface area (Å²) in [5, 5.41) is 3.15. The lowest BCUT2D eigenvalue weighted by Crippen LogP contribution is -2.38. The fraction of sp³-hybridized carbons (Fsp3) is 0.350. The van der Waals surface area contributed by atoms with Gasteiger partial charge in [0.25, 0.3) is 0 Å². The smallest absolute Gasteiger partial charge is 0.229 e. The van der Waals surface area contributed by atoms with E-state index in [-0.39, 0.29) is 24.0 Å². The first-order chi connectivity index (χ1) is 13.1. The molecule has 1 aromatic carbocycles. The summed E-state index contributed by atoms with van der Waals surface area (Å²) in [4.78, 5) is 23.3. The molecule has 0 unspecified atom stereocenters. The van der Waals surface area contributed by atoms with Crippen molar-refractivity contribution >= 4 is 17.2 Å². The Kier molecular flexibility index (Phi) is 5.03. The van der Waals surface area contributed by atoms with Gasteiger partial charge in [0.2, 0.25) is 11.8 Å². The molecule has 1 amide bonds. The van der Waals surface area contributed by atoms with Crippen LogP contribution in [0.3, 0.4) is 0 Å². The highest BCUT2D eigenvalue weighted by Gasteiger charge is 2.26. The van der Waals surface area contributed by atoms with Gasteiger partial charge in [-0.05, 0) is 31.9 Å². The molecular formula is C20H20FN3O2S. The highest BCUT2D eigenvalue weighted by Crippen LogP contribution is 2.30. The predicted octanol–water partition coefficient (Wildman–Crippen LogP) is 4.19. The zero-order valence-corrected chi connectivity index (χ0v) is 15.8. The molecule has 0 bridgehead atoms. The molecule has 140 valence electrons. The molecule has 27 heavy (non-hydrogen) atoms. The van der Waals surface area contributed by atoms with Crippen molar-refractivity contribution in [2.24, 2.45) is 0 Å². The molecule has 1 saturated heterocycles. The monoisotopic (exact) mass is 385 g/mol. The van der Waals surface area contributed by atoms with E-state index in [1.807, 2.05) is 16.5 Å². The fourth-order valence-corrected chi connectivity index (χ4v) is 4.22. The van der Waals surface area contributed by atoms with E-state index in [9.17, 15) is 9.18 Å². The van der Waals surface area contributed by atoms with Gasteiger partial charge in [0.05, 0.1) is 22.7 Å². The summed E-state index contributed by atoms with van der Waals surface area (Å²) in [5.41, 5.74) is 0.879. The number of likely N-dealkylation sites (tertiary alicyclic amines) is 1. The van der Waals surface area contributed by atoms with E-state index in [4.69, 9.17) is 4.42 Å². The average molecular weight is 385 g/mol. The maximum absolute atomic E-state index is 13.9. The maximum Gasteiger partial charge on any atom is 0.229 e. The quantitative estimate of drug-likeness (QED) is 0.676. The SMILES string of the molecule is Cc1oc(-c2ccccc2F)nc1CC(=O)N1CCC(c2nccs2)CC1. The second-order valence-electron chi connectivity index (χ2n) is 6.70. The lowest BCUT2D eigenvalue weighted by molar-refractivity contribution is -0.131. The first kappa shape index (κ1) is 17.9. The van der Waals surface area contributed by atoms with E-state index >= 15 is 0 Å². The molecule has 1 aliphatic rings. The number of nitrogens with zero attached hydrogens (tertiary/aromatic N) is 3. The fourth-order valence-electron chi connectivity index (χ4n) is 3.41. The van der Waals surface area contributed by atoms with Crippen LogP contribution in [0.25, 0.3) is 11.5 Å². The van der Waals surface area contributed by atoms with Crippen molar-refractivity contribution < 1.29 is 13.6 Å². The van der Waals surface area contributed by atoms with Crippen molar-refractivity contribution in [3.63, 3.8) is 0 Å². The third-order valence-corrected chi connectivity index (χ3v) is 5.90. The highest BCUT2D eigenvalue weighted by atomic mass is 32.1. The van der Waals surface area contributed by atoms with Gasteiger partial charge < -0.3 is 9.32 Å². The summed E-state index contributed by atoms with van der Waals surface area (Å²) >= 11 is 1.68. The second-order valence-corrected chi connectivity index (χ2v) is 7.63. The Morgan fingerprint density at radius 3 is 2.81 bits per heavy atom. The van der Waals surface area contributed by atoms with Crippen LogP contribution >= 0.6 is 11.3 Å². The van der Waals surface area contributed by atoms with Gasteiger partial charge >= 0.3 is 0 Å². The zero-order chi connectivity index (χ0) is 18.8. The summed E-state index contributed by atoms with van der Waals surface area (Å²) in [7, 11) is 0. The molecule has 0 atom stereocenters. The molecular weight excluding hydrogens is 365 g/mol. The zero-order valence-electron chi connectivity index (χ0n) is 15.0. The van der Waals surface area contributed by atoms with Gasteiger partial charge in [0.1, 0.15) is 11.6 Å². The number of carbonyl (C=O) groups is 1. The van der Waals surface area contributed by atoms with Gasteiger partial charge in [0.15, 0.2) is 0 Å². The molecule has 1 aliphatic heterocycles. The number of benzene rings is 1. The molecule has 4 rings (SSSR count). The van der Waals surface area contributed by atoms with Crippen molar-refractivity contribution in [1.82, 2.24) is 14.9 Å². The predicted molar refractivity (Wildman–Crippen MR) is 101 cm³/mol. The average Bonchev–Trinajstić information content (AvgIpc) is 3.33. The summed E-state index contributed by atoms with van der Waals surface area (Å²) in [6.45, 7) is 3.20.